The van der Waals surface area contributed by atoms with Crippen LogP contribution in [0.4, 0.5) is 34.1 Å². The molecule has 0 unspecified atom stereocenters. The molecule has 2 nitrogen and oxygen atoms in total. The third-order valence-corrected chi connectivity index (χ3v) is 11.7. The van der Waals surface area contributed by atoms with Gasteiger partial charge in [0.05, 0.1) is 0 Å². The zero-order chi connectivity index (χ0) is 37.7. The van der Waals surface area contributed by atoms with E-state index in [-0.39, 0.29) is 6.71 Å². The third-order valence-electron chi connectivity index (χ3n) is 11.7. The Morgan fingerprint density at radius 2 is 0.596 bits per heavy atom. The minimum Gasteiger partial charge on any atom is -0.311 e. The predicted molar refractivity (Wildman–Crippen MR) is 242 cm³/mol. The third kappa shape index (κ3) is 5.51. The Labute approximate surface area is 334 Å². The van der Waals surface area contributed by atoms with Crippen molar-refractivity contribution < 1.29 is 0 Å². The SMILES string of the molecule is c1ccc(-c2ccc(N3c4ccccc4B4c5ccccc5N(c5ccc(-c6ccccc6)c(-c6ccccc6)c5)c5cccc3c54)cc2-c2ccccc2)cc1. The van der Waals surface area contributed by atoms with E-state index in [0.717, 1.165) is 11.4 Å². The average molecular weight is 725 g/mol. The van der Waals surface area contributed by atoms with Crippen LogP contribution in [0.3, 0.4) is 0 Å². The Bertz CT molecular complexity index is 2710. The van der Waals surface area contributed by atoms with Crippen molar-refractivity contribution in [1.29, 1.82) is 0 Å². The molecule has 0 aromatic heterocycles. The van der Waals surface area contributed by atoms with Gasteiger partial charge in [0.1, 0.15) is 0 Å². The lowest BCUT2D eigenvalue weighted by Crippen LogP contribution is -2.61. The fourth-order valence-electron chi connectivity index (χ4n) is 9.19. The molecular weight excluding hydrogens is 687 g/mol. The van der Waals surface area contributed by atoms with E-state index < -0.39 is 0 Å². The quantitative estimate of drug-likeness (QED) is 0.158. The number of rotatable bonds is 6. The number of anilines is 6. The van der Waals surface area contributed by atoms with Crippen LogP contribution in [0.25, 0.3) is 44.5 Å². The molecule has 0 N–H and O–H groups in total. The van der Waals surface area contributed by atoms with Gasteiger partial charge in [-0.25, -0.2) is 0 Å². The predicted octanol–water partition coefficient (Wildman–Crippen LogP) is 12.4. The van der Waals surface area contributed by atoms with Gasteiger partial charge in [0.25, 0.3) is 6.71 Å². The first-order valence-electron chi connectivity index (χ1n) is 19.7. The van der Waals surface area contributed by atoms with Crippen LogP contribution in [-0.2, 0) is 0 Å². The van der Waals surface area contributed by atoms with Crippen LogP contribution < -0.4 is 26.2 Å². The first-order chi connectivity index (χ1) is 28.3. The molecule has 0 atom stereocenters. The molecule has 0 spiro atoms. The van der Waals surface area contributed by atoms with Crippen molar-refractivity contribution in [3.63, 3.8) is 0 Å². The summed E-state index contributed by atoms with van der Waals surface area (Å²) in [6, 6.07) is 81.9. The molecule has 2 aliphatic heterocycles. The summed E-state index contributed by atoms with van der Waals surface area (Å²) in [5.41, 5.74) is 20.7. The Balaban J connectivity index is 1.14. The second kappa shape index (κ2) is 13.7. The summed E-state index contributed by atoms with van der Waals surface area (Å²) >= 11 is 0. The number of hydrogen-bond donors (Lipinski definition) is 0. The van der Waals surface area contributed by atoms with Crippen LogP contribution in [0.5, 0.6) is 0 Å². The molecule has 2 heterocycles. The fourth-order valence-corrected chi connectivity index (χ4v) is 9.19. The Kier molecular flexibility index (Phi) is 7.96. The van der Waals surface area contributed by atoms with Crippen molar-refractivity contribution >= 4 is 57.2 Å². The van der Waals surface area contributed by atoms with Gasteiger partial charge in [-0.15, -0.1) is 0 Å². The van der Waals surface area contributed by atoms with Crippen LogP contribution in [0.1, 0.15) is 0 Å². The van der Waals surface area contributed by atoms with Crippen molar-refractivity contribution in [2.45, 2.75) is 0 Å². The molecular formula is C54H37BN2. The summed E-state index contributed by atoms with van der Waals surface area (Å²) in [4.78, 5) is 4.98. The summed E-state index contributed by atoms with van der Waals surface area (Å²) in [5.74, 6) is 0. The lowest BCUT2D eigenvalue weighted by atomic mass is 9.33. The summed E-state index contributed by atoms with van der Waals surface area (Å²) in [5, 5.41) is 0. The largest absolute Gasteiger partial charge is 0.311 e. The lowest BCUT2D eigenvalue weighted by molar-refractivity contribution is 1.25. The molecule has 0 amide bonds. The van der Waals surface area contributed by atoms with Gasteiger partial charge in [-0.3, -0.25) is 0 Å². The maximum absolute atomic E-state index is 2.49. The second-order valence-corrected chi connectivity index (χ2v) is 14.9. The molecule has 3 heteroatoms. The molecule has 2 aliphatic rings. The molecule has 9 aromatic rings. The molecule has 0 aliphatic carbocycles. The van der Waals surface area contributed by atoms with Crippen molar-refractivity contribution in [2.24, 2.45) is 0 Å². The highest BCUT2D eigenvalue weighted by molar-refractivity contribution is 7.00. The van der Waals surface area contributed by atoms with E-state index in [9.17, 15) is 0 Å². The molecule has 266 valence electrons. The smallest absolute Gasteiger partial charge is 0.252 e. The number of benzene rings is 9. The Morgan fingerprint density at radius 3 is 1.00 bits per heavy atom. The highest BCUT2D eigenvalue weighted by atomic mass is 15.2. The molecule has 9 aromatic carbocycles. The van der Waals surface area contributed by atoms with Crippen LogP contribution in [0, 0.1) is 0 Å². The normalized spacial score (nSPS) is 12.5. The molecule has 11 rings (SSSR count). The number of hydrogen-bond acceptors (Lipinski definition) is 2. The van der Waals surface area contributed by atoms with Gasteiger partial charge in [0.2, 0.25) is 0 Å². The summed E-state index contributed by atoms with van der Waals surface area (Å²) in [7, 11) is 0. The van der Waals surface area contributed by atoms with Crippen LogP contribution >= 0.6 is 0 Å². The van der Waals surface area contributed by atoms with Gasteiger partial charge < -0.3 is 9.80 Å². The standard InChI is InChI=1S/C54H37BN2/c1-5-18-38(19-6-1)44-34-32-42(36-46(44)40-22-9-3-10-23-40)56-50-28-15-13-26-48(50)55-49-27-14-16-29-51(49)57(53-31-17-30-52(56)54(53)55)43-33-35-45(39-20-7-2-8-21-39)47(37-43)41-24-11-4-12-25-41/h1-37H. The van der Waals surface area contributed by atoms with Gasteiger partial charge in [-0.1, -0.05) is 176 Å². The topological polar surface area (TPSA) is 6.48 Å². The molecule has 0 saturated heterocycles. The number of para-hydroxylation sites is 2. The van der Waals surface area contributed by atoms with Crippen molar-refractivity contribution in [3.8, 4) is 44.5 Å². The van der Waals surface area contributed by atoms with E-state index in [1.54, 1.807) is 0 Å². The minimum atomic E-state index is 0.0745. The monoisotopic (exact) mass is 724 g/mol. The molecule has 0 radical (unpaired) electrons. The average Bonchev–Trinajstić information content (AvgIpc) is 3.30. The van der Waals surface area contributed by atoms with Crippen molar-refractivity contribution in [1.82, 2.24) is 0 Å². The fraction of sp³-hybridized carbons (Fsp3) is 0. The number of fused-ring (bicyclic) bond motifs is 4. The van der Waals surface area contributed by atoms with Gasteiger partial charge in [0.15, 0.2) is 0 Å². The van der Waals surface area contributed by atoms with E-state index in [1.165, 1.54) is 83.6 Å². The highest BCUT2D eigenvalue weighted by Crippen LogP contribution is 2.46. The lowest BCUT2D eigenvalue weighted by Gasteiger charge is -2.44. The van der Waals surface area contributed by atoms with E-state index in [1.807, 2.05) is 0 Å². The summed E-state index contributed by atoms with van der Waals surface area (Å²) < 4.78 is 0. The molecule has 0 saturated carbocycles. The minimum absolute atomic E-state index is 0.0745. The first-order valence-corrected chi connectivity index (χ1v) is 19.7. The Morgan fingerprint density at radius 1 is 0.263 bits per heavy atom. The van der Waals surface area contributed by atoms with Gasteiger partial charge in [0, 0.05) is 34.1 Å². The van der Waals surface area contributed by atoms with Gasteiger partial charge >= 0.3 is 0 Å². The van der Waals surface area contributed by atoms with Crippen molar-refractivity contribution in [3.05, 3.63) is 224 Å². The maximum atomic E-state index is 2.49. The zero-order valence-corrected chi connectivity index (χ0v) is 31.3. The summed E-state index contributed by atoms with van der Waals surface area (Å²) in [6.45, 7) is 0.0745. The van der Waals surface area contributed by atoms with E-state index in [0.29, 0.717) is 0 Å². The molecule has 0 bridgehead atoms. The van der Waals surface area contributed by atoms with Crippen LogP contribution in [0.15, 0.2) is 224 Å². The van der Waals surface area contributed by atoms with E-state index in [4.69, 9.17) is 0 Å². The molecule has 57 heavy (non-hydrogen) atoms. The van der Waals surface area contributed by atoms with Gasteiger partial charge in [-0.2, -0.15) is 0 Å². The highest BCUT2D eigenvalue weighted by Gasteiger charge is 2.43. The zero-order valence-electron chi connectivity index (χ0n) is 31.3. The van der Waals surface area contributed by atoms with Crippen molar-refractivity contribution in [2.75, 3.05) is 9.80 Å². The Hall–Kier alpha value is -7.36. The number of nitrogens with zero attached hydrogens (tertiary/aromatic N) is 2. The summed E-state index contributed by atoms with van der Waals surface area (Å²) in [6.07, 6.45) is 0. The maximum Gasteiger partial charge on any atom is 0.252 e. The molecule has 0 fully saturated rings. The van der Waals surface area contributed by atoms with Crippen LogP contribution in [0.2, 0.25) is 0 Å². The van der Waals surface area contributed by atoms with Gasteiger partial charge in [-0.05, 0) is 109 Å². The second-order valence-electron chi connectivity index (χ2n) is 14.9. The van der Waals surface area contributed by atoms with Crippen LogP contribution in [-0.4, -0.2) is 6.71 Å². The van der Waals surface area contributed by atoms with E-state index >= 15 is 0 Å². The first kappa shape index (κ1) is 33.0. The van der Waals surface area contributed by atoms with E-state index in [2.05, 4.69) is 234 Å².